The van der Waals surface area contributed by atoms with E-state index in [1.54, 1.807) is 18.2 Å². The van der Waals surface area contributed by atoms with Gasteiger partial charge in [0.1, 0.15) is 6.54 Å². The molecule has 1 N–H and O–H groups in total. The molecule has 0 unspecified atom stereocenters. The number of amides is 1. The van der Waals surface area contributed by atoms with Crippen LogP contribution in [-0.4, -0.2) is 47.1 Å². The maximum Gasteiger partial charge on any atom is 0.361 e. The van der Waals surface area contributed by atoms with E-state index in [2.05, 4.69) is 25.1 Å². The third-order valence-corrected chi connectivity index (χ3v) is 3.09. The highest BCUT2D eigenvalue weighted by atomic mass is 16.5. The Morgan fingerprint density at radius 1 is 1.17 bits per heavy atom. The molecule has 9 nitrogen and oxygen atoms in total. The Hall–Kier alpha value is -3.23. The van der Waals surface area contributed by atoms with Crippen molar-refractivity contribution in [2.45, 2.75) is 13.5 Å². The second-order valence-corrected chi connectivity index (χ2v) is 4.85. The van der Waals surface area contributed by atoms with Gasteiger partial charge in [0.25, 0.3) is 0 Å². The zero-order valence-electron chi connectivity index (χ0n) is 13.4. The first-order chi connectivity index (χ1) is 11.5. The first kappa shape index (κ1) is 17.1. The maximum atomic E-state index is 12.1. The summed E-state index contributed by atoms with van der Waals surface area (Å²) >= 11 is 0. The lowest BCUT2D eigenvalue weighted by Crippen LogP contribution is -2.23. The van der Waals surface area contributed by atoms with Gasteiger partial charge in [-0.15, -0.1) is 5.10 Å². The molecule has 0 spiro atoms. The third-order valence-electron chi connectivity index (χ3n) is 3.09. The van der Waals surface area contributed by atoms with Crippen LogP contribution in [0.25, 0.3) is 0 Å². The minimum absolute atomic E-state index is 0.247. The molecule has 1 heterocycles. The molecule has 1 aromatic heterocycles. The lowest BCUT2D eigenvalue weighted by molar-refractivity contribution is -0.116. The van der Waals surface area contributed by atoms with E-state index in [9.17, 15) is 14.4 Å². The number of hydrogen-bond donors (Lipinski definition) is 1. The Labute approximate surface area is 137 Å². The Morgan fingerprint density at radius 2 is 1.88 bits per heavy atom. The smallest absolute Gasteiger partial charge is 0.361 e. The summed E-state index contributed by atoms with van der Waals surface area (Å²) in [6, 6.07) is 7.22. The molecule has 0 atom stereocenters. The number of rotatable bonds is 5. The van der Waals surface area contributed by atoms with Crippen molar-refractivity contribution in [1.82, 2.24) is 15.0 Å². The lowest BCUT2D eigenvalue weighted by atomic mass is 10.2. The highest BCUT2D eigenvalue weighted by Crippen LogP contribution is 2.11. The van der Waals surface area contributed by atoms with E-state index in [1.165, 1.54) is 0 Å². The number of carbonyl (C=O) groups is 3. The number of ether oxygens (including phenoxy) is 2. The summed E-state index contributed by atoms with van der Waals surface area (Å²) in [4.78, 5) is 35.6. The van der Waals surface area contributed by atoms with Gasteiger partial charge in [-0.3, -0.25) is 4.79 Å². The van der Waals surface area contributed by atoms with E-state index >= 15 is 0 Å². The first-order valence-corrected chi connectivity index (χ1v) is 6.93. The average molecular weight is 332 g/mol. The molecule has 0 saturated heterocycles. The van der Waals surface area contributed by atoms with Crippen molar-refractivity contribution in [2.75, 3.05) is 19.5 Å². The zero-order chi connectivity index (χ0) is 17.7. The van der Waals surface area contributed by atoms with E-state index in [1.807, 2.05) is 13.0 Å². The summed E-state index contributed by atoms with van der Waals surface area (Å²) in [6.07, 6.45) is 0. The Kier molecular flexibility index (Phi) is 5.25. The quantitative estimate of drug-likeness (QED) is 0.806. The SMILES string of the molecule is COC(=O)c1nnn(CC(=O)Nc2cccc(C)c2)c1C(=O)OC. The van der Waals surface area contributed by atoms with E-state index < -0.39 is 17.8 Å². The second kappa shape index (κ2) is 7.36. The molecule has 0 aliphatic carbocycles. The first-order valence-electron chi connectivity index (χ1n) is 6.93. The van der Waals surface area contributed by atoms with Gasteiger partial charge in [0.05, 0.1) is 14.2 Å². The summed E-state index contributed by atoms with van der Waals surface area (Å²) in [7, 11) is 2.29. The van der Waals surface area contributed by atoms with Crippen molar-refractivity contribution < 1.29 is 23.9 Å². The predicted molar refractivity (Wildman–Crippen MR) is 82.5 cm³/mol. The molecule has 1 amide bonds. The van der Waals surface area contributed by atoms with E-state index in [0.29, 0.717) is 5.69 Å². The van der Waals surface area contributed by atoms with Gasteiger partial charge in [-0.25, -0.2) is 14.3 Å². The number of aromatic nitrogens is 3. The summed E-state index contributed by atoms with van der Waals surface area (Å²) in [5.41, 5.74) is 1.03. The van der Waals surface area contributed by atoms with Gasteiger partial charge in [-0.2, -0.15) is 0 Å². The van der Waals surface area contributed by atoms with Crippen LogP contribution in [0, 0.1) is 6.92 Å². The molecule has 0 radical (unpaired) electrons. The van der Waals surface area contributed by atoms with Crippen LogP contribution >= 0.6 is 0 Å². The number of nitrogens with one attached hydrogen (secondary N) is 1. The highest BCUT2D eigenvalue weighted by Gasteiger charge is 2.27. The largest absolute Gasteiger partial charge is 0.464 e. The molecule has 9 heteroatoms. The topological polar surface area (TPSA) is 112 Å². The standard InChI is InChI=1S/C15H16N4O5/c1-9-5-4-6-10(7-9)16-11(20)8-19-13(15(22)24-3)12(17-18-19)14(21)23-2/h4-7H,8H2,1-3H3,(H,16,20). The van der Waals surface area contributed by atoms with Gasteiger partial charge in [0.2, 0.25) is 11.6 Å². The van der Waals surface area contributed by atoms with Gasteiger partial charge in [0.15, 0.2) is 5.69 Å². The van der Waals surface area contributed by atoms with Gasteiger partial charge in [-0.1, -0.05) is 17.3 Å². The van der Waals surface area contributed by atoms with Crippen molar-refractivity contribution in [3.63, 3.8) is 0 Å². The highest BCUT2D eigenvalue weighted by molar-refractivity contribution is 6.01. The van der Waals surface area contributed by atoms with Crippen LogP contribution in [0.3, 0.4) is 0 Å². The number of aryl methyl sites for hydroxylation is 1. The summed E-state index contributed by atoms with van der Waals surface area (Å²) in [5, 5.41) is 9.92. The molecule has 1 aromatic carbocycles. The summed E-state index contributed by atoms with van der Waals surface area (Å²) in [6.45, 7) is 1.58. The predicted octanol–water partition coefficient (Wildman–Crippen LogP) is 0.798. The van der Waals surface area contributed by atoms with Crippen LogP contribution < -0.4 is 5.32 Å². The molecular weight excluding hydrogens is 316 g/mol. The van der Waals surface area contributed by atoms with Gasteiger partial charge >= 0.3 is 11.9 Å². The van der Waals surface area contributed by atoms with Crippen LogP contribution in [0.1, 0.15) is 26.5 Å². The van der Waals surface area contributed by atoms with E-state index in [-0.39, 0.29) is 17.9 Å². The summed E-state index contributed by atoms with van der Waals surface area (Å²) in [5.74, 6) is -2.13. The van der Waals surface area contributed by atoms with Crippen LogP contribution in [0.2, 0.25) is 0 Å². The third kappa shape index (κ3) is 3.75. The number of nitrogens with zero attached hydrogens (tertiary/aromatic N) is 3. The van der Waals surface area contributed by atoms with Crippen molar-refractivity contribution in [1.29, 1.82) is 0 Å². The normalized spacial score (nSPS) is 10.1. The monoisotopic (exact) mass is 332 g/mol. The second-order valence-electron chi connectivity index (χ2n) is 4.85. The zero-order valence-corrected chi connectivity index (χ0v) is 13.4. The molecule has 0 aliphatic heterocycles. The Morgan fingerprint density at radius 3 is 2.50 bits per heavy atom. The van der Waals surface area contributed by atoms with E-state index in [4.69, 9.17) is 0 Å². The Bertz CT molecular complexity index is 784. The number of esters is 2. The molecule has 2 rings (SSSR count). The van der Waals surface area contributed by atoms with Gasteiger partial charge in [0, 0.05) is 5.69 Å². The van der Waals surface area contributed by atoms with Crippen molar-refractivity contribution in [2.24, 2.45) is 0 Å². The van der Waals surface area contributed by atoms with Crippen molar-refractivity contribution >= 4 is 23.5 Å². The number of anilines is 1. The van der Waals surface area contributed by atoms with Gasteiger partial charge in [-0.05, 0) is 24.6 Å². The molecule has 0 saturated carbocycles. The molecule has 24 heavy (non-hydrogen) atoms. The fourth-order valence-electron chi connectivity index (χ4n) is 2.02. The van der Waals surface area contributed by atoms with Crippen molar-refractivity contribution in [3.8, 4) is 0 Å². The van der Waals surface area contributed by atoms with Crippen LogP contribution in [0.5, 0.6) is 0 Å². The molecule has 2 aromatic rings. The van der Waals surface area contributed by atoms with Gasteiger partial charge < -0.3 is 14.8 Å². The minimum atomic E-state index is -0.847. The van der Waals surface area contributed by atoms with Crippen molar-refractivity contribution in [3.05, 3.63) is 41.2 Å². The molecule has 0 fully saturated rings. The number of methoxy groups -OCH3 is 2. The summed E-state index contributed by atoms with van der Waals surface area (Å²) < 4.78 is 10.1. The molecular formula is C15H16N4O5. The average Bonchev–Trinajstić information content (AvgIpc) is 2.96. The van der Waals surface area contributed by atoms with Crippen LogP contribution in [-0.2, 0) is 20.8 Å². The molecule has 0 bridgehead atoms. The van der Waals surface area contributed by atoms with Crippen LogP contribution in [0.15, 0.2) is 24.3 Å². The van der Waals surface area contributed by atoms with Crippen LogP contribution in [0.4, 0.5) is 5.69 Å². The fraction of sp³-hybridized carbons (Fsp3) is 0.267. The Balaban J connectivity index is 2.22. The number of hydrogen-bond acceptors (Lipinski definition) is 7. The van der Waals surface area contributed by atoms with E-state index in [0.717, 1.165) is 24.5 Å². The maximum absolute atomic E-state index is 12.1. The lowest BCUT2D eigenvalue weighted by Gasteiger charge is -2.08. The number of benzene rings is 1. The minimum Gasteiger partial charge on any atom is -0.464 e. The molecule has 0 aliphatic rings. The number of carbonyl (C=O) groups excluding carboxylic acids is 3. The molecule has 126 valence electrons. The fourth-order valence-corrected chi connectivity index (χ4v) is 2.02.